The number of methoxy groups -OCH3 is 1. The lowest BCUT2D eigenvalue weighted by molar-refractivity contribution is -0.0819. The second-order valence-corrected chi connectivity index (χ2v) is 6.67. The standard InChI is InChI=1S/C22H20FN3O3/c1-27-16-5-6-18-19(10-16)21(14-3-2-4-15(23)9-14)20(11-24)26-22(18)25-12-17-13-28-7-8-29-17/h2-6,9-10,17H,7-8,12-13H2,1H3,(H,25,26)/t17-/m0/s1. The number of aromatic nitrogens is 1. The molecule has 0 spiro atoms. The van der Waals surface area contributed by atoms with E-state index in [1.807, 2.05) is 18.2 Å². The Hall–Kier alpha value is -3.21. The SMILES string of the molecule is COc1ccc2c(NC[C@H]3COCCO3)nc(C#N)c(-c3cccc(F)c3)c2c1. The van der Waals surface area contributed by atoms with Gasteiger partial charge in [-0.05, 0) is 41.3 Å². The molecule has 0 unspecified atom stereocenters. The highest BCUT2D eigenvalue weighted by atomic mass is 19.1. The fraction of sp³-hybridized carbons (Fsp3) is 0.273. The van der Waals surface area contributed by atoms with Gasteiger partial charge in [0.05, 0.1) is 33.0 Å². The average Bonchev–Trinajstić information content (AvgIpc) is 2.77. The van der Waals surface area contributed by atoms with Crippen LogP contribution in [-0.2, 0) is 9.47 Å². The summed E-state index contributed by atoms with van der Waals surface area (Å²) in [7, 11) is 1.58. The summed E-state index contributed by atoms with van der Waals surface area (Å²) in [5.41, 5.74) is 1.37. The van der Waals surface area contributed by atoms with Crippen molar-refractivity contribution in [2.45, 2.75) is 6.10 Å². The number of hydrogen-bond donors (Lipinski definition) is 1. The van der Waals surface area contributed by atoms with Crippen LogP contribution in [0.15, 0.2) is 42.5 Å². The van der Waals surface area contributed by atoms with Gasteiger partial charge in [-0.1, -0.05) is 12.1 Å². The Bertz CT molecular complexity index is 1070. The average molecular weight is 393 g/mol. The summed E-state index contributed by atoms with van der Waals surface area (Å²) in [5, 5.41) is 14.6. The molecule has 0 bridgehead atoms. The first-order valence-corrected chi connectivity index (χ1v) is 9.30. The number of pyridine rings is 1. The molecule has 1 N–H and O–H groups in total. The molecule has 1 aromatic heterocycles. The predicted molar refractivity (Wildman–Crippen MR) is 107 cm³/mol. The Kier molecular flexibility index (Phi) is 5.56. The van der Waals surface area contributed by atoms with Crippen LogP contribution in [0.2, 0.25) is 0 Å². The van der Waals surface area contributed by atoms with Crippen molar-refractivity contribution in [2.75, 3.05) is 38.8 Å². The molecule has 1 atom stereocenters. The van der Waals surface area contributed by atoms with Crippen molar-refractivity contribution < 1.29 is 18.6 Å². The summed E-state index contributed by atoms with van der Waals surface area (Å²) in [4.78, 5) is 4.53. The molecule has 29 heavy (non-hydrogen) atoms. The second kappa shape index (κ2) is 8.43. The third-order valence-electron chi connectivity index (χ3n) is 4.81. The number of fused-ring (bicyclic) bond motifs is 1. The molecule has 2 aromatic carbocycles. The van der Waals surface area contributed by atoms with Crippen LogP contribution >= 0.6 is 0 Å². The molecule has 1 saturated heterocycles. The van der Waals surface area contributed by atoms with Crippen molar-refractivity contribution in [3.8, 4) is 22.9 Å². The molecule has 0 saturated carbocycles. The Morgan fingerprint density at radius 3 is 2.86 bits per heavy atom. The number of nitrogens with one attached hydrogen (secondary N) is 1. The number of rotatable bonds is 5. The third-order valence-corrected chi connectivity index (χ3v) is 4.81. The summed E-state index contributed by atoms with van der Waals surface area (Å²) in [6, 6.07) is 13.8. The predicted octanol–water partition coefficient (Wildman–Crippen LogP) is 3.75. The molecule has 148 valence electrons. The van der Waals surface area contributed by atoms with Crippen molar-refractivity contribution >= 4 is 16.6 Å². The maximum atomic E-state index is 13.9. The smallest absolute Gasteiger partial charge is 0.151 e. The normalized spacial score (nSPS) is 16.4. The number of anilines is 1. The van der Waals surface area contributed by atoms with Gasteiger partial charge in [-0.25, -0.2) is 9.37 Å². The summed E-state index contributed by atoms with van der Waals surface area (Å²) < 4.78 is 30.3. The van der Waals surface area contributed by atoms with E-state index in [2.05, 4.69) is 16.4 Å². The molecule has 2 heterocycles. The minimum atomic E-state index is -0.376. The quantitative estimate of drug-likeness (QED) is 0.712. The fourth-order valence-corrected chi connectivity index (χ4v) is 3.44. The van der Waals surface area contributed by atoms with E-state index in [1.54, 1.807) is 19.2 Å². The van der Waals surface area contributed by atoms with Crippen molar-refractivity contribution in [2.24, 2.45) is 0 Å². The van der Waals surface area contributed by atoms with E-state index in [4.69, 9.17) is 14.2 Å². The molecule has 1 fully saturated rings. The Morgan fingerprint density at radius 1 is 1.24 bits per heavy atom. The minimum Gasteiger partial charge on any atom is -0.497 e. The van der Waals surface area contributed by atoms with E-state index in [1.165, 1.54) is 12.1 Å². The summed E-state index contributed by atoms with van der Waals surface area (Å²) in [6.45, 7) is 2.15. The van der Waals surface area contributed by atoms with E-state index in [0.29, 0.717) is 49.1 Å². The maximum Gasteiger partial charge on any atom is 0.151 e. The Balaban J connectivity index is 1.83. The van der Waals surface area contributed by atoms with Crippen LogP contribution in [0.3, 0.4) is 0 Å². The minimum absolute atomic E-state index is 0.0905. The van der Waals surface area contributed by atoms with E-state index < -0.39 is 0 Å². The highest BCUT2D eigenvalue weighted by Crippen LogP contribution is 2.36. The van der Waals surface area contributed by atoms with E-state index >= 15 is 0 Å². The van der Waals surface area contributed by atoms with Crippen molar-refractivity contribution in [1.29, 1.82) is 5.26 Å². The molecule has 3 aromatic rings. The molecule has 1 aliphatic rings. The molecule has 0 amide bonds. The first kappa shape index (κ1) is 19.1. The Labute approximate surface area is 167 Å². The van der Waals surface area contributed by atoms with Gasteiger partial charge in [0.2, 0.25) is 0 Å². The van der Waals surface area contributed by atoms with Gasteiger partial charge >= 0.3 is 0 Å². The molecule has 6 nitrogen and oxygen atoms in total. The van der Waals surface area contributed by atoms with Gasteiger partial charge < -0.3 is 19.5 Å². The molecule has 4 rings (SSSR count). The lowest BCUT2D eigenvalue weighted by Gasteiger charge is -2.24. The monoisotopic (exact) mass is 393 g/mol. The highest BCUT2D eigenvalue weighted by molar-refractivity contribution is 6.04. The summed E-state index contributed by atoms with van der Waals surface area (Å²) >= 11 is 0. The van der Waals surface area contributed by atoms with Gasteiger partial charge in [0.1, 0.15) is 23.5 Å². The second-order valence-electron chi connectivity index (χ2n) is 6.67. The summed E-state index contributed by atoms with van der Waals surface area (Å²) in [6.07, 6.45) is -0.0905. The number of benzene rings is 2. The first-order chi connectivity index (χ1) is 14.2. The van der Waals surface area contributed by atoms with E-state index in [9.17, 15) is 9.65 Å². The van der Waals surface area contributed by atoms with Gasteiger partial charge in [0.15, 0.2) is 5.69 Å². The number of ether oxygens (including phenoxy) is 3. The van der Waals surface area contributed by atoms with Gasteiger partial charge in [0.25, 0.3) is 0 Å². The molecule has 7 heteroatoms. The maximum absolute atomic E-state index is 13.9. The van der Waals surface area contributed by atoms with Crippen molar-refractivity contribution in [3.63, 3.8) is 0 Å². The topological polar surface area (TPSA) is 76.4 Å². The first-order valence-electron chi connectivity index (χ1n) is 9.30. The zero-order valence-electron chi connectivity index (χ0n) is 15.9. The van der Waals surface area contributed by atoms with E-state index in [-0.39, 0.29) is 17.6 Å². The highest BCUT2D eigenvalue weighted by Gasteiger charge is 2.19. The lowest BCUT2D eigenvalue weighted by atomic mass is 9.96. The third kappa shape index (κ3) is 3.99. The van der Waals surface area contributed by atoms with Gasteiger partial charge in [0, 0.05) is 17.5 Å². The van der Waals surface area contributed by atoms with Crippen LogP contribution in [0, 0.1) is 17.1 Å². The molecule has 0 aliphatic carbocycles. The molecule has 0 radical (unpaired) electrons. The Morgan fingerprint density at radius 2 is 2.14 bits per heavy atom. The summed E-state index contributed by atoms with van der Waals surface area (Å²) in [5.74, 6) is 0.827. The van der Waals surface area contributed by atoms with Crippen LogP contribution in [0.1, 0.15) is 5.69 Å². The van der Waals surface area contributed by atoms with Crippen LogP contribution in [0.25, 0.3) is 21.9 Å². The van der Waals surface area contributed by atoms with Crippen LogP contribution in [-0.4, -0.2) is 44.6 Å². The largest absolute Gasteiger partial charge is 0.497 e. The van der Waals surface area contributed by atoms with Crippen molar-refractivity contribution in [1.82, 2.24) is 4.98 Å². The van der Waals surface area contributed by atoms with E-state index in [0.717, 1.165) is 10.8 Å². The molecular formula is C22H20FN3O3. The van der Waals surface area contributed by atoms with Crippen LogP contribution in [0.5, 0.6) is 5.75 Å². The lowest BCUT2D eigenvalue weighted by Crippen LogP contribution is -2.34. The molecule has 1 aliphatic heterocycles. The van der Waals surface area contributed by atoms with Gasteiger partial charge in [-0.2, -0.15) is 5.26 Å². The number of nitriles is 1. The zero-order valence-corrected chi connectivity index (χ0v) is 15.9. The van der Waals surface area contributed by atoms with Crippen LogP contribution < -0.4 is 10.1 Å². The van der Waals surface area contributed by atoms with Crippen molar-refractivity contribution in [3.05, 3.63) is 54.0 Å². The molecular weight excluding hydrogens is 373 g/mol. The number of halogens is 1. The van der Waals surface area contributed by atoms with Gasteiger partial charge in [-0.3, -0.25) is 0 Å². The number of hydrogen-bond acceptors (Lipinski definition) is 6. The number of nitrogens with zero attached hydrogens (tertiary/aromatic N) is 2. The fourth-order valence-electron chi connectivity index (χ4n) is 3.44. The van der Waals surface area contributed by atoms with Gasteiger partial charge in [-0.15, -0.1) is 0 Å². The zero-order chi connectivity index (χ0) is 20.2. The van der Waals surface area contributed by atoms with Crippen LogP contribution in [0.4, 0.5) is 10.2 Å².